The molecule has 6 nitrogen and oxygen atoms in total. The van der Waals surface area contributed by atoms with Crippen molar-refractivity contribution in [2.45, 2.75) is 11.8 Å². The number of hydrogen-bond acceptors (Lipinski definition) is 5. The summed E-state index contributed by atoms with van der Waals surface area (Å²) in [5.74, 6) is 0.225. The van der Waals surface area contributed by atoms with Crippen LogP contribution in [0, 0.1) is 6.92 Å². The molecule has 7 heteroatoms. The normalized spacial score (nSPS) is 15.3. The van der Waals surface area contributed by atoms with E-state index >= 15 is 0 Å². The van der Waals surface area contributed by atoms with Crippen LogP contribution in [0.4, 0.5) is 0 Å². The van der Waals surface area contributed by atoms with Crippen molar-refractivity contribution in [1.29, 1.82) is 0 Å². The molecule has 0 spiro atoms. The highest BCUT2D eigenvalue weighted by Crippen LogP contribution is 2.27. The van der Waals surface area contributed by atoms with Gasteiger partial charge in [0.15, 0.2) is 5.84 Å². The summed E-state index contributed by atoms with van der Waals surface area (Å²) >= 11 is 0. The first kappa shape index (κ1) is 16.4. The maximum Gasteiger partial charge on any atom is 0.285 e. The van der Waals surface area contributed by atoms with Crippen LogP contribution >= 0.6 is 0 Å². The lowest BCUT2D eigenvalue weighted by Gasteiger charge is -2.17. The molecule has 1 aliphatic heterocycles. The molecule has 0 fully saturated rings. The van der Waals surface area contributed by atoms with Gasteiger partial charge in [-0.25, -0.2) is 5.01 Å². The van der Waals surface area contributed by atoms with Crippen molar-refractivity contribution in [3.63, 3.8) is 0 Å². The maximum absolute atomic E-state index is 12.2. The van der Waals surface area contributed by atoms with Crippen LogP contribution in [0.3, 0.4) is 0 Å². The summed E-state index contributed by atoms with van der Waals surface area (Å²) in [6.07, 6.45) is 1.62. The van der Waals surface area contributed by atoms with Gasteiger partial charge in [0.2, 0.25) is 0 Å². The molecule has 0 aromatic heterocycles. The van der Waals surface area contributed by atoms with Crippen LogP contribution in [0.2, 0.25) is 0 Å². The summed E-state index contributed by atoms with van der Waals surface area (Å²) in [6, 6.07) is 14.4. The number of benzene rings is 2. The highest BCUT2D eigenvalue weighted by molar-refractivity contribution is 7.90. The molecule has 1 aliphatic rings. The molecular formula is C17H17N3O3S. The minimum atomic E-state index is -3.72. The van der Waals surface area contributed by atoms with Gasteiger partial charge in [0.05, 0.1) is 19.4 Å². The Bertz CT molecular complexity index is 903. The number of rotatable bonds is 4. The van der Waals surface area contributed by atoms with Crippen LogP contribution < -0.4 is 0 Å². The van der Waals surface area contributed by atoms with E-state index in [1.165, 1.54) is 11.1 Å². The van der Waals surface area contributed by atoms with E-state index in [2.05, 4.69) is 9.50 Å². The zero-order chi connectivity index (χ0) is 17.2. The van der Waals surface area contributed by atoms with Crippen molar-refractivity contribution in [1.82, 2.24) is 5.01 Å². The van der Waals surface area contributed by atoms with Gasteiger partial charge in [-0.1, -0.05) is 42.0 Å². The Morgan fingerprint density at radius 1 is 1.17 bits per heavy atom. The van der Waals surface area contributed by atoms with E-state index in [0.29, 0.717) is 5.56 Å². The molecule has 0 unspecified atom stereocenters. The predicted octanol–water partition coefficient (Wildman–Crippen LogP) is 1.77. The van der Waals surface area contributed by atoms with Gasteiger partial charge in [-0.05, 0) is 24.6 Å². The number of aliphatic hydroxyl groups excluding tert-OH is 1. The molecule has 124 valence electrons. The van der Waals surface area contributed by atoms with E-state index in [1.807, 2.05) is 31.2 Å². The molecule has 2 aromatic rings. The summed E-state index contributed by atoms with van der Waals surface area (Å²) in [5, 5.41) is 15.0. The fraction of sp³-hybridized carbons (Fsp3) is 0.176. The van der Waals surface area contributed by atoms with Gasteiger partial charge in [0.1, 0.15) is 4.90 Å². The van der Waals surface area contributed by atoms with Crippen molar-refractivity contribution in [3.8, 4) is 0 Å². The number of fused-ring (bicyclic) bond motifs is 1. The third-order valence-electron chi connectivity index (χ3n) is 3.59. The van der Waals surface area contributed by atoms with Crippen molar-refractivity contribution < 1.29 is 13.5 Å². The number of aliphatic hydroxyl groups is 1. The molecule has 24 heavy (non-hydrogen) atoms. The Labute approximate surface area is 140 Å². The molecule has 3 rings (SSSR count). The predicted molar refractivity (Wildman–Crippen MR) is 92.7 cm³/mol. The average Bonchev–Trinajstić information content (AvgIpc) is 2.85. The second-order valence-electron chi connectivity index (χ2n) is 5.39. The van der Waals surface area contributed by atoms with E-state index < -0.39 is 10.0 Å². The van der Waals surface area contributed by atoms with Gasteiger partial charge in [0, 0.05) is 5.56 Å². The maximum atomic E-state index is 12.2. The van der Waals surface area contributed by atoms with E-state index in [0.717, 1.165) is 11.1 Å². The lowest BCUT2D eigenvalue weighted by Crippen LogP contribution is -2.28. The number of sulfonamides is 1. The Morgan fingerprint density at radius 3 is 2.58 bits per heavy atom. The number of hydrogen-bond donors (Lipinski definition) is 1. The molecule has 1 N–H and O–H groups in total. The highest BCUT2D eigenvalue weighted by Gasteiger charge is 2.31. The number of nitrogens with zero attached hydrogens (tertiary/aromatic N) is 3. The lowest BCUT2D eigenvalue weighted by molar-refractivity contribution is 0.254. The standard InChI is InChI=1S/C17H17N3O3S/c1-13-6-8-14(9-7-13)12-18-20(10-11-21)17-15-4-2-3-5-16(15)24(22,23)19-17/h2-9,12,21H,10-11H2,1H3/b18-12+. The largest absolute Gasteiger partial charge is 0.394 e. The van der Waals surface area contributed by atoms with E-state index in [1.54, 1.807) is 24.4 Å². The first-order valence-electron chi connectivity index (χ1n) is 7.45. The fourth-order valence-corrected chi connectivity index (χ4v) is 3.58. The third kappa shape index (κ3) is 3.22. The zero-order valence-corrected chi connectivity index (χ0v) is 13.9. The quantitative estimate of drug-likeness (QED) is 0.677. The number of hydrazone groups is 1. The van der Waals surface area contributed by atoms with E-state index in [-0.39, 0.29) is 23.9 Å². The van der Waals surface area contributed by atoms with Gasteiger partial charge < -0.3 is 5.11 Å². The third-order valence-corrected chi connectivity index (χ3v) is 4.92. The Hall–Kier alpha value is -2.51. The first-order valence-corrected chi connectivity index (χ1v) is 8.89. The van der Waals surface area contributed by atoms with Crippen LogP contribution in [-0.4, -0.2) is 43.7 Å². The van der Waals surface area contributed by atoms with Crippen molar-refractivity contribution in [3.05, 3.63) is 65.2 Å². The second kappa shape index (κ2) is 6.54. The monoisotopic (exact) mass is 343 g/mol. The molecule has 0 bridgehead atoms. The molecule has 0 amide bonds. The Kier molecular flexibility index (Phi) is 4.46. The van der Waals surface area contributed by atoms with Gasteiger partial charge in [-0.2, -0.15) is 13.5 Å². The van der Waals surface area contributed by atoms with E-state index in [9.17, 15) is 13.5 Å². The molecule has 1 heterocycles. The van der Waals surface area contributed by atoms with Crippen LogP contribution in [0.5, 0.6) is 0 Å². The van der Waals surface area contributed by atoms with Crippen molar-refractivity contribution in [2.75, 3.05) is 13.2 Å². The number of amidine groups is 1. The molecule has 0 atom stereocenters. The van der Waals surface area contributed by atoms with Crippen LogP contribution in [0.1, 0.15) is 16.7 Å². The van der Waals surface area contributed by atoms with Crippen LogP contribution in [0.15, 0.2) is 62.9 Å². The zero-order valence-electron chi connectivity index (χ0n) is 13.1. The van der Waals surface area contributed by atoms with E-state index in [4.69, 9.17) is 0 Å². The van der Waals surface area contributed by atoms with Gasteiger partial charge in [-0.3, -0.25) is 0 Å². The highest BCUT2D eigenvalue weighted by atomic mass is 32.2. The van der Waals surface area contributed by atoms with Crippen LogP contribution in [0.25, 0.3) is 0 Å². The minimum Gasteiger partial charge on any atom is -0.394 e. The van der Waals surface area contributed by atoms with Gasteiger partial charge in [-0.15, -0.1) is 4.40 Å². The Morgan fingerprint density at radius 2 is 1.88 bits per heavy atom. The van der Waals surface area contributed by atoms with Gasteiger partial charge >= 0.3 is 0 Å². The topological polar surface area (TPSA) is 82.3 Å². The fourth-order valence-electron chi connectivity index (χ4n) is 2.38. The second-order valence-corrected chi connectivity index (χ2v) is 6.96. The molecule has 0 aliphatic carbocycles. The summed E-state index contributed by atoms with van der Waals surface area (Å²) < 4.78 is 28.1. The number of aryl methyl sites for hydroxylation is 1. The SMILES string of the molecule is Cc1ccc(/C=N/N(CCO)C2=NS(=O)(=O)c3ccccc32)cc1. The summed E-state index contributed by atoms with van der Waals surface area (Å²) in [4.78, 5) is 0.161. The first-order chi connectivity index (χ1) is 11.5. The van der Waals surface area contributed by atoms with Crippen molar-refractivity contribution >= 4 is 22.1 Å². The minimum absolute atomic E-state index is 0.144. The summed E-state index contributed by atoms with van der Waals surface area (Å²) in [7, 11) is -3.72. The summed E-state index contributed by atoms with van der Waals surface area (Å²) in [5.41, 5.74) is 2.50. The average molecular weight is 343 g/mol. The molecule has 0 radical (unpaired) electrons. The van der Waals surface area contributed by atoms with Crippen molar-refractivity contribution in [2.24, 2.45) is 9.50 Å². The Balaban J connectivity index is 1.96. The van der Waals surface area contributed by atoms with Gasteiger partial charge in [0.25, 0.3) is 10.0 Å². The lowest BCUT2D eigenvalue weighted by atomic mass is 10.2. The molecule has 2 aromatic carbocycles. The molecular weight excluding hydrogens is 326 g/mol. The molecule has 0 saturated heterocycles. The van der Waals surface area contributed by atoms with Crippen LogP contribution in [-0.2, 0) is 10.0 Å². The smallest absolute Gasteiger partial charge is 0.285 e. The molecule has 0 saturated carbocycles. The summed E-state index contributed by atoms with van der Waals surface area (Å²) in [6.45, 7) is 1.96.